The third-order valence-electron chi connectivity index (χ3n) is 5.12. The number of hydrogen-bond acceptors (Lipinski definition) is 4. The Morgan fingerprint density at radius 3 is 2.75 bits per heavy atom. The molecule has 0 aromatic carbocycles. The summed E-state index contributed by atoms with van der Waals surface area (Å²) in [5, 5.41) is 1.13. The molecule has 2 aromatic rings. The number of aromatic amines is 1. The summed E-state index contributed by atoms with van der Waals surface area (Å²) in [6, 6.07) is 2.69. The molecular weight excluding hydrogens is 250 g/mol. The molecule has 0 amide bonds. The predicted molar refractivity (Wildman–Crippen MR) is 79.8 cm³/mol. The summed E-state index contributed by atoms with van der Waals surface area (Å²) in [6.07, 6.45) is 6.19. The Labute approximate surface area is 119 Å². The Kier molecular flexibility index (Phi) is 2.70. The topological polar surface area (TPSA) is 48.1 Å². The Hall–Kier alpha value is -1.62. The second kappa shape index (κ2) is 4.45. The van der Waals surface area contributed by atoms with Crippen molar-refractivity contribution in [2.75, 3.05) is 32.1 Å². The van der Waals surface area contributed by atoms with Gasteiger partial charge in [-0.25, -0.2) is 9.97 Å². The van der Waals surface area contributed by atoms with E-state index >= 15 is 0 Å². The highest BCUT2D eigenvalue weighted by Crippen LogP contribution is 2.40. The molecule has 3 heterocycles. The number of rotatable bonds is 2. The molecule has 2 aromatic heterocycles. The van der Waals surface area contributed by atoms with E-state index in [0.29, 0.717) is 6.04 Å². The maximum atomic E-state index is 4.52. The zero-order valence-electron chi connectivity index (χ0n) is 12.1. The lowest BCUT2D eigenvalue weighted by Crippen LogP contribution is -2.32. The minimum absolute atomic E-state index is 0.617. The lowest BCUT2D eigenvalue weighted by molar-refractivity contribution is 0.369. The minimum Gasteiger partial charge on any atom is -0.356 e. The van der Waals surface area contributed by atoms with Gasteiger partial charge in [0.1, 0.15) is 17.8 Å². The van der Waals surface area contributed by atoms with E-state index in [-0.39, 0.29) is 0 Å². The first-order chi connectivity index (χ1) is 9.72. The second-order valence-electron chi connectivity index (χ2n) is 6.41. The summed E-state index contributed by atoms with van der Waals surface area (Å²) in [7, 11) is 4.43. The smallest absolute Gasteiger partial charge is 0.142 e. The molecular formula is C15H21N5. The largest absolute Gasteiger partial charge is 0.356 e. The summed E-state index contributed by atoms with van der Waals surface area (Å²) in [4.78, 5) is 16.8. The molecule has 5 heteroatoms. The number of anilines is 1. The van der Waals surface area contributed by atoms with Crippen molar-refractivity contribution in [3.8, 4) is 0 Å². The highest BCUT2D eigenvalue weighted by Gasteiger charge is 2.41. The second-order valence-corrected chi connectivity index (χ2v) is 6.41. The molecule has 1 aliphatic heterocycles. The van der Waals surface area contributed by atoms with Crippen molar-refractivity contribution in [1.82, 2.24) is 19.9 Å². The summed E-state index contributed by atoms with van der Waals surface area (Å²) < 4.78 is 0. The number of nitrogens with one attached hydrogen (secondary N) is 1. The van der Waals surface area contributed by atoms with Crippen LogP contribution in [0.1, 0.15) is 12.8 Å². The fourth-order valence-electron chi connectivity index (χ4n) is 4.13. The van der Waals surface area contributed by atoms with Crippen LogP contribution in [0.25, 0.3) is 11.0 Å². The number of fused-ring (bicyclic) bond motifs is 2. The maximum Gasteiger partial charge on any atom is 0.142 e. The molecule has 2 aliphatic rings. The van der Waals surface area contributed by atoms with Crippen LogP contribution in [0.5, 0.6) is 0 Å². The molecule has 3 atom stereocenters. The van der Waals surface area contributed by atoms with E-state index in [1.54, 1.807) is 6.33 Å². The number of H-pyrrole nitrogens is 1. The number of nitrogens with zero attached hydrogens (tertiary/aromatic N) is 4. The third-order valence-corrected chi connectivity index (χ3v) is 5.12. The Balaban J connectivity index is 1.59. The average molecular weight is 271 g/mol. The van der Waals surface area contributed by atoms with Crippen LogP contribution in [0.2, 0.25) is 0 Å². The number of hydrogen-bond donors (Lipinski definition) is 1. The highest BCUT2D eigenvalue weighted by molar-refractivity contribution is 5.87. The van der Waals surface area contributed by atoms with Gasteiger partial charge in [0, 0.05) is 32.4 Å². The van der Waals surface area contributed by atoms with Crippen molar-refractivity contribution in [3.05, 3.63) is 18.6 Å². The molecule has 106 valence electrons. The molecule has 20 heavy (non-hydrogen) atoms. The van der Waals surface area contributed by atoms with Crippen LogP contribution in [-0.4, -0.2) is 53.1 Å². The molecule has 1 N–H and O–H groups in total. The van der Waals surface area contributed by atoms with Crippen LogP contribution in [0.15, 0.2) is 18.6 Å². The monoisotopic (exact) mass is 271 g/mol. The van der Waals surface area contributed by atoms with Gasteiger partial charge < -0.3 is 14.8 Å². The summed E-state index contributed by atoms with van der Waals surface area (Å²) in [5.74, 6) is 2.81. The summed E-state index contributed by atoms with van der Waals surface area (Å²) >= 11 is 0. The zero-order valence-corrected chi connectivity index (χ0v) is 12.1. The van der Waals surface area contributed by atoms with E-state index in [1.165, 1.54) is 25.9 Å². The van der Waals surface area contributed by atoms with Crippen LogP contribution in [0, 0.1) is 11.8 Å². The molecule has 2 fully saturated rings. The first-order valence-corrected chi connectivity index (χ1v) is 7.42. The standard InChI is InChI=1S/C15H21N5/c1-19-7-10-5-12(6-11(10)8-19)20(2)15-13-3-4-16-14(13)17-9-18-15/h3-4,9-12H,5-8H2,1-2H3,(H,16,17,18)/t10-,11+,12+. The minimum atomic E-state index is 0.617. The quantitative estimate of drug-likeness (QED) is 0.904. The Morgan fingerprint density at radius 2 is 2.00 bits per heavy atom. The summed E-state index contributed by atoms with van der Waals surface area (Å²) in [6.45, 7) is 2.52. The molecule has 5 nitrogen and oxygen atoms in total. The van der Waals surface area contributed by atoms with E-state index in [2.05, 4.69) is 44.9 Å². The van der Waals surface area contributed by atoms with Gasteiger partial charge in [0.2, 0.25) is 0 Å². The van der Waals surface area contributed by atoms with Crippen molar-refractivity contribution in [1.29, 1.82) is 0 Å². The molecule has 1 saturated heterocycles. The van der Waals surface area contributed by atoms with Gasteiger partial charge in [-0.15, -0.1) is 0 Å². The van der Waals surface area contributed by atoms with Crippen LogP contribution in [0.4, 0.5) is 5.82 Å². The molecule has 4 rings (SSSR count). The van der Waals surface area contributed by atoms with E-state index in [0.717, 1.165) is 28.7 Å². The first kappa shape index (κ1) is 12.1. The van der Waals surface area contributed by atoms with Crippen molar-refractivity contribution >= 4 is 16.9 Å². The van der Waals surface area contributed by atoms with E-state index in [1.807, 2.05) is 6.20 Å². The fourth-order valence-corrected chi connectivity index (χ4v) is 4.13. The van der Waals surface area contributed by atoms with Gasteiger partial charge in [-0.05, 0) is 37.8 Å². The molecule has 1 saturated carbocycles. The van der Waals surface area contributed by atoms with Gasteiger partial charge in [-0.2, -0.15) is 0 Å². The van der Waals surface area contributed by atoms with Gasteiger partial charge in [-0.3, -0.25) is 0 Å². The van der Waals surface area contributed by atoms with Crippen molar-refractivity contribution in [2.45, 2.75) is 18.9 Å². The van der Waals surface area contributed by atoms with Gasteiger partial charge in [-0.1, -0.05) is 0 Å². The lowest BCUT2D eigenvalue weighted by atomic mass is 10.0. The van der Waals surface area contributed by atoms with Crippen LogP contribution < -0.4 is 4.90 Å². The molecule has 0 bridgehead atoms. The molecule has 0 spiro atoms. The van der Waals surface area contributed by atoms with Crippen LogP contribution >= 0.6 is 0 Å². The third kappa shape index (κ3) is 1.80. The zero-order chi connectivity index (χ0) is 13.7. The van der Waals surface area contributed by atoms with Crippen LogP contribution in [-0.2, 0) is 0 Å². The predicted octanol–water partition coefficient (Wildman–Crippen LogP) is 1.73. The number of likely N-dealkylation sites (tertiary alicyclic amines) is 1. The normalized spacial score (nSPS) is 30.0. The Bertz CT molecular complexity index is 608. The van der Waals surface area contributed by atoms with Crippen molar-refractivity contribution < 1.29 is 0 Å². The molecule has 1 aliphatic carbocycles. The molecule has 0 unspecified atom stereocenters. The van der Waals surface area contributed by atoms with Crippen molar-refractivity contribution in [3.63, 3.8) is 0 Å². The number of aromatic nitrogens is 3. The van der Waals surface area contributed by atoms with E-state index in [4.69, 9.17) is 0 Å². The van der Waals surface area contributed by atoms with Gasteiger partial charge in [0.05, 0.1) is 5.39 Å². The van der Waals surface area contributed by atoms with Crippen LogP contribution in [0.3, 0.4) is 0 Å². The van der Waals surface area contributed by atoms with Gasteiger partial charge >= 0.3 is 0 Å². The summed E-state index contributed by atoms with van der Waals surface area (Å²) in [5.41, 5.74) is 0.930. The van der Waals surface area contributed by atoms with E-state index < -0.39 is 0 Å². The lowest BCUT2D eigenvalue weighted by Gasteiger charge is -2.27. The SMILES string of the molecule is CN1C[C@H]2C[C@H](N(C)c3ncnc4[nH]ccc34)C[C@H]2C1. The van der Waals surface area contributed by atoms with E-state index in [9.17, 15) is 0 Å². The average Bonchev–Trinajstić information content (AvgIpc) is 3.10. The van der Waals surface area contributed by atoms with Gasteiger partial charge in [0.25, 0.3) is 0 Å². The van der Waals surface area contributed by atoms with Crippen molar-refractivity contribution in [2.24, 2.45) is 11.8 Å². The maximum absolute atomic E-state index is 4.52. The fraction of sp³-hybridized carbons (Fsp3) is 0.600. The van der Waals surface area contributed by atoms with Gasteiger partial charge in [0.15, 0.2) is 0 Å². The Morgan fingerprint density at radius 1 is 1.25 bits per heavy atom. The molecule has 0 radical (unpaired) electrons. The highest BCUT2D eigenvalue weighted by atomic mass is 15.2. The first-order valence-electron chi connectivity index (χ1n) is 7.42.